The van der Waals surface area contributed by atoms with Crippen molar-refractivity contribution in [1.82, 2.24) is 14.5 Å². The molecule has 0 aromatic carbocycles. The number of carbonyl (C=O) groups is 1. The average Bonchev–Trinajstić information content (AvgIpc) is 3.47. The molecule has 33 heavy (non-hydrogen) atoms. The quantitative estimate of drug-likeness (QED) is 0.617. The molecule has 8 nitrogen and oxygen atoms in total. The minimum atomic E-state index is -4.41. The fraction of sp³-hybridized carbons (Fsp3) is 0.773. The second-order valence-electron chi connectivity index (χ2n) is 9.76. The maximum absolute atomic E-state index is 13.9. The van der Waals surface area contributed by atoms with Crippen LogP contribution in [0.3, 0.4) is 0 Å². The zero-order valence-electron chi connectivity index (χ0n) is 18.5. The number of ether oxygens (including phenoxy) is 1. The average molecular weight is 470 g/mol. The summed E-state index contributed by atoms with van der Waals surface area (Å²) in [4.78, 5) is 31.1. The van der Waals surface area contributed by atoms with Crippen molar-refractivity contribution in [1.29, 1.82) is 0 Å². The number of carbonyl (C=O) groups excluding carboxylic acids is 1. The highest BCUT2D eigenvalue weighted by Gasteiger charge is 2.49. The number of fused-ring (bicyclic) bond motifs is 2. The van der Waals surface area contributed by atoms with Crippen LogP contribution in [0.4, 0.5) is 24.9 Å². The molecule has 0 spiro atoms. The molecule has 1 N–H and O–H groups in total. The number of nitrogens with one attached hydrogen (secondary N) is 1. The molecule has 3 fully saturated rings. The van der Waals surface area contributed by atoms with E-state index in [1.807, 2.05) is 0 Å². The van der Waals surface area contributed by atoms with Crippen LogP contribution in [0.15, 0.2) is 10.9 Å². The summed E-state index contributed by atoms with van der Waals surface area (Å²) in [5, 5.41) is 3.13. The summed E-state index contributed by atoms with van der Waals surface area (Å²) in [6, 6.07) is -0.301. The zero-order valence-corrected chi connectivity index (χ0v) is 18.5. The smallest absolute Gasteiger partial charge is 0.376 e. The molecule has 4 aliphatic rings. The van der Waals surface area contributed by atoms with E-state index in [2.05, 4.69) is 10.3 Å². The van der Waals surface area contributed by atoms with Crippen LogP contribution in [0.5, 0.6) is 0 Å². The van der Waals surface area contributed by atoms with Crippen LogP contribution in [0.25, 0.3) is 0 Å². The normalized spacial score (nSPS) is 29.5. The molecule has 182 valence electrons. The first-order chi connectivity index (χ1) is 15.8. The first kappa shape index (κ1) is 22.5. The van der Waals surface area contributed by atoms with Gasteiger partial charge in [0.1, 0.15) is 11.9 Å². The van der Waals surface area contributed by atoms with Gasteiger partial charge in [-0.05, 0) is 49.9 Å². The molecular formula is C22H30F3N5O3. The summed E-state index contributed by atoms with van der Waals surface area (Å²) < 4.78 is 48.8. The molecule has 4 heterocycles. The lowest BCUT2D eigenvalue weighted by molar-refractivity contribution is -0.152. The number of likely N-dealkylation sites (tertiary alicyclic amines) is 1. The molecule has 4 atom stereocenters. The van der Waals surface area contributed by atoms with Gasteiger partial charge in [-0.15, -0.1) is 0 Å². The number of nitrogens with zero attached hydrogens (tertiary/aromatic N) is 4. The molecule has 1 amide bonds. The Labute approximate surface area is 190 Å². The third-order valence-electron chi connectivity index (χ3n) is 7.67. The molecular weight excluding hydrogens is 439 g/mol. The summed E-state index contributed by atoms with van der Waals surface area (Å²) in [6.07, 6.45) is -0.443. The second kappa shape index (κ2) is 8.81. The molecule has 0 radical (unpaired) electrons. The van der Waals surface area contributed by atoms with Crippen molar-refractivity contribution >= 4 is 18.2 Å². The summed E-state index contributed by atoms with van der Waals surface area (Å²) in [5.41, 5.74) is -0.343. The number of amides is 1. The van der Waals surface area contributed by atoms with Gasteiger partial charge in [0.25, 0.3) is 5.56 Å². The summed E-state index contributed by atoms with van der Waals surface area (Å²) in [6.45, 7) is 2.67. The minimum absolute atomic E-state index is 0.00463. The van der Waals surface area contributed by atoms with Crippen molar-refractivity contribution in [2.24, 2.45) is 17.8 Å². The second-order valence-corrected chi connectivity index (χ2v) is 9.76. The van der Waals surface area contributed by atoms with Crippen molar-refractivity contribution in [3.8, 4) is 0 Å². The number of anilines is 2. The highest BCUT2D eigenvalue weighted by Crippen LogP contribution is 2.48. The van der Waals surface area contributed by atoms with Crippen molar-refractivity contribution < 1.29 is 22.7 Å². The molecule has 1 saturated carbocycles. The highest BCUT2D eigenvalue weighted by atomic mass is 19.4. The van der Waals surface area contributed by atoms with E-state index in [0.717, 1.165) is 32.3 Å². The van der Waals surface area contributed by atoms with Gasteiger partial charge < -0.3 is 19.9 Å². The van der Waals surface area contributed by atoms with Crippen LogP contribution < -0.4 is 15.8 Å². The van der Waals surface area contributed by atoms with Crippen molar-refractivity contribution in [2.45, 2.75) is 57.0 Å². The zero-order chi connectivity index (χ0) is 23.2. The first-order valence-electron chi connectivity index (χ1n) is 11.8. The third-order valence-corrected chi connectivity index (χ3v) is 7.67. The SMILES string of the molecule is O=CN1CCC(CCN2c3nc(NC[C@H]4OCC5CC54)cc(=O)n3CC[C@H]2C(F)(F)F)CC1. The molecule has 1 aliphatic carbocycles. The highest BCUT2D eigenvalue weighted by molar-refractivity contribution is 5.47. The predicted octanol–water partition coefficient (Wildman–Crippen LogP) is 2.09. The number of hydrogen-bond acceptors (Lipinski definition) is 6. The number of aromatic nitrogens is 2. The van der Waals surface area contributed by atoms with Crippen LogP contribution in [0.2, 0.25) is 0 Å². The van der Waals surface area contributed by atoms with Gasteiger partial charge >= 0.3 is 6.18 Å². The molecule has 5 rings (SSSR count). The van der Waals surface area contributed by atoms with Gasteiger partial charge in [-0.1, -0.05) is 0 Å². The molecule has 3 aliphatic heterocycles. The van der Waals surface area contributed by atoms with E-state index in [9.17, 15) is 22.8 Å². The van der Waals surface area contributed by atoms with Crippen LogP contribution >= 0.6 is 0 Å². The third kappa shape index (κ3) is 4.69. The van der Waals surface area contributed by atoms with Crippen LogP contribution in [0.1, 0.15) is 32.1 Å². The fourth-order valence-electron chi connectivity index (χ4n) is 5.53. The van der Waals surface area contributed by atoms with Gasteiger partial charge in [0, 0.05) is 38.8 Å². The van der Waals surface area contributed by atoms with E-state index in [1.165, 1.54) is 15.5 Å². The summed E-state index contributed by atoms with van der Waals surface area (Å²) in [7, 11) is 0. The first-order valence-corrected chi connectivity index (χ1v) is 11.8. The van der Waals surface area contributed by atoms with Gasteiger partial charge in [-0.3, -0.25) is 14.2 Å². The van der Waals surface area contributed by atoms with Crippen LogP contribution in [-0.4, -0.2) is 72.0 Å². The number of piperidine rings is 1. The monoisotopic (exact) mass is 469 g/mol. The van der Waals surface area contributed by atoms with Gasteiger partial charge in [0.15, 0.2) is 0 Å². The van der Waals surface area contributed by atoms with E-state index < -0.39 is 12.2 Å². The Morgan fingerprint density at radius 2 is 2.00 bits per heavy atom. The Morgan fingerprint density at radius 1 is 1.21 bits per heavy atom. The molecule has 1 aromatic rings. The Hall–Kier alpha value is -2.30. The summed E-state index contributed by atoms with van der Waals surface area (Å²) in [5.74, 6) is 1.78. The molecule has 2 saturated heterocycles. The van der Waals surface area contributed by atoms with Crippen LogP contribution in [-0.2, 0) is 16.1 Å². The number of hydrogen-bond donors (Lipinski definition) is 1. The Bertz CT molecular complexity index is 931. The van der Waals surface area contributed by atoms with E-state index >= 15 is 0 Å². The predicted molar refractivity (Wildman–Crippen MR) is 115 cm³/mol. The minimum Gasteiger partial charge on any atom is -0.376 e. The van der Waals surface area contributed by atoms with Gasteiger partial charge in [0.2, 0.25) is 12.4 Å². The molecule has 0 bridgehead atoms. The Kier molecular flexibility index (Phi) is 6.00. The van der Waals surface area contributed by atoms with Crippen molar-refractivity contribution in [3.63, 3.8) is 0 Å². The Morgan fingerprint density at radius 3 is 2.64 bits per heavy atom. The maximum atomic E-state index is 13.9. The van der Waals surface area contributed by atoms with Crippen LogP contribution in [0, 0.1) is 17.8 Å². The number of alkyl halides is 3. The maximum Gasteiger partial charge on any atom is 0.408 e. The topological polar surface area (TPSA) is 79.7 Å². The van der Waals surface area contributed by atoms with E-state index in [0.29, 0.717) is 43.7 Å². The van der Waals surface area contributed by atoms with E-state index in [-0.39, 0.29) is 43.0 Å². The summed E-state index contributed by atoms with van der Waals surface area (Å²) >= 11 is 0. The number of rotatable bonds is 7. The molecule has 2 unspecified atom stereocenters. The molecule has 11 heteroatoms. The van der Waals surface area contributed by atoms with E-state index in [4.69, 9.17) is 4.74 Å². The van der Waals surface area contributed by atoms with Crippen molar-refractivity contribution in [3.05, 3.63) is 16.4 Å². The van der Waals surface area contributed by atoms with Gasteiger partial charge in [-0.2, -0.15) is 18.2 Å². The number of halogens is 3. The van der Waals surface area contributed by atoms with Gasteiger partial charge in [0.05, 0.1) is 12.7 Å². The standard InChI is InChI=1S/C22H30F3N5O3/c23-22(24,25)18-4-8-30-20(32)10-19(26-11-17-16-9-15(16)12-33-17)27-21(30)29(18)7-3-14-1-5-28(13-31)6-2-14/h10,13-18,26H,1-9,11-12H2/t15?,16?,17-,18+/m1/s1. The largest absolute Gasteiger partial charge is 0.408 e. The fourth-order valence-corrected chi connectivity index (χ4v) is 5.53. The van der Waals surface area contributed by atoms with Gasteiger partial charge in [-0.25, -0.2) is 0 Å². The van der Waals surface area contributed by atoms with E-state index in [1.54, 1.807) is 4.90 Å². The molecule has 1 aromatic heterocycles. The Balaban J connectivity index is 1.33. The lowest BCUT2D eigenvalue weighted by Gasteiger charge is -2.40. The lowest BCUT2D eigenvalue weighted by Crippen LogP contribution is -2.53. The lowest BCUT2D eigenvalue weighted by atomic mass is 9.93. The van der Waals surface area contributed by atoms with Crippen molar-refractivity contribution in [2.75, 3.05) is 43.0 Å².